The van der Waals surface area contributed by atoms with Crippen LogP contribution in [0.15, 0.2) is 70.6 Å². The van der Waals surface area contributed by atoms with Gasteiger partial charge in [0, 0.05) is 40.8 Å². The molecule has 1 N–H and O–H groups in total. The topological polar surface area (TPSA) is 92.1 Å². The molecule has 1 aliphatic heterocycles. The molecule has 2 aromatic heterocycles. The van der Waals surface area contributed by atoms with Crippen LogP contribution in [-0.4, -0.2) is 16.7 Å². The van der Waals surface area contributed by atoms with Gasteiger partial charge in [-0.1, -0.05) is 18.2 Å². The predicted molar refractivity (Wildman–Crippen MR) is 123 cm³/mol. The van der Waals surface area contributed by atoms with Gasteiger partial charge in [-0.25, -0.2) is 4.79 Å². The second kappa shape index (κ2) is 8.77. The fraction of sp³-hybridized carbons (Fsp3) is 0.200. The highest BCUT2D eigenvalue weighted by molar-refractivity contribution is 7.17. The summed E-state index contributed by atoms with van der Waals surface area (Å²) in [4.78, 5) is 30.0. The average molecular weight is 444 g/mol. The van der Waals surface area contributed by atoms with E-state index in [1.54, 1.807) is 24.5 Å². The number of dihydropyridines is 1. The first-order valence-corrected chi connectivity index (χ1v) is 11.0. The summed E-state index contributed by atoms with van der Waals surface area (Å²) in [5.74, 6) is -1.20. The largest absolute Gasteiger partial charge is 0.457 e. The molecule has 0 amide bonds. The highest BCUT2D eigenvalue weighted by atomic mass is 32.1. The third kappa shape index (κ3) is 3.81. The number of thiophene rings is 1. The summed E-state index contributed by atoms with van der Waals surface area (Å²) in [5.41, 5.74) is 4.43. The number of benzene rings is 1. The van der Waals surface area contributed by atoms with E-state index in [1.165, 1.54) is 18.3 Å². The van der Waals surface area contributed by atoms with Crippen LogP contribution in [0.4, 0.5) is 0 Å². The summed E-state index contributed by atoms with van der Waals surface area (Å²) < 4.78 is 6.46. The maximum absolute atomic E-state index is 13.3. The molecule has 160 valence electrons. The zero-order chi connectivity index (χ0) is 22.8. The Hall–Kier alpha value is -3.76. The van der Waals surface area contributed by atoms with E-state index in [-0.39, 0.29) is 12.4 Å². The molecule has 7 heteroatoms. The number of rotatable bonds is 5. The molecule has 3 heterocycles. The Morgan fingerprint density at radius 2 is 1.97 bits per heavy atom. The van der Waals surface area contributed by atoms with Crippen LogP contribution in [-0.2, 0) is 20.9 Å². The van der Waals surface area contributed by atoms with Crippen molar-refractivity contribution < 1.29 is 14.3 Å². The molecule has 0 radical (unpaired) electrons. The van der Waals surface area contributed by atoms with Gasteiger partial charge < -0.3 is 10.1 Å². The van der Waals surface area contributed by atoms with Crippen molar-refractivity contribution >= 4 is 33.2 Å². The van der Waals surface area contributed by atoms with E-state index in [1.807, 2.05) is 37.4 Å². The molecular weight excluding hydrogens is 422 g/mol. The second-order valence-electron chi connectivity index (χ2n) is 7.61. The number of aromatic nitrogens is 1. The Morgan fingerprint density at radius 1 is 1.19 bits per heavy atom. The number of ketones is 1. The van der Waals surface area contributed by atoms with Crippen LogP contribution in [0.3, 0.4) is 0 Å². The lowest BCUT2D eigenvalue weighted by molar-refractivity contribution is -0.140. The highest BCUT2D eigenvalue weighted by Crippen LogP contribution is 2.44. The minimum absolute atomic E-state index is 0.0806. The zero-order valence-corrected chi connectivity index (χ0v) is 18.7. The van der Waals surface area contributed by atoms with Crippen LogP contribution in [0.5, 0.6) is 0 Å². The molecule has 0 spiro atoms. The molecular formula is C25H21N3O3S. The SMILES string of the molecule is CC(=O)C1=C(C)NC(C)=C(C(=O)OCc2cccnc2)C1c1csc2c(C#N)cccc12. The van der Waals surface area contributed by atoms with Gasteiger partial charge in [0.1, 0.15) is 12.7 Å². The minimum atomic E-state index is -0.585. The first-order valence-electron chi connectivity index (χ1n) is 10.1. The van der Waals surface area contributed by atoms with Crippen molar-refractivity contribution in [3.8, 4) is 6.07 Å². The van der Waals surface area contributed by atoms with E-state index in [9.17, 15) is 14.9 Å². The molecule has 1 aliphatic rings. The van der Waals surface area contributed by atoms with Gasteiger partial charge >= 0.3 is 5.97 Å². The Labute approximate surface area is 189 Å². The Balaban J connectivity index is 1.81. The molecule has 0 saturated carbocycles. The fourth-order valence-electron chi connectivity index (χ4n) is 4.14. The Kier molecular flexibility index (Phi) is 5.89. The number of hydrogen-bond acceptors (Lipinski definition) is 7. The number of carbonyl (C=O) groups is 2. The molecule has 0 bridgehead atoms. The number of nitrogens with zero attached hydrogens (tertiary/aromatic N) is 2. The van der Waals surface area contributed by atoms with Gasteiger partial charge in [0.05, 0.1) is 15.8 Å². The quantitative estimate of drug-likeness (QED) is 0.573. The van der Waals surface area contributed by atoms with Gasteiger partial charge in [-0.2, -0.15) is 5.26 Å². The molecule has 4 rings (SSSR count). The number of esters is 1. The normalized spacial score (nSPS) is 16.0. The molecule has 6 nitrogen and oxygen atoms in total. The second-order valence-corrected chi connectivity index (χ2v) is 8.49. The summed E-state index contributed by atoms with van der Waals surface area (Å²) in [6.45, 7) is 5.23. The van der Waals surface area contributed by atoms with Gasteiger partial charge in [-0.15, -0.1) is 11.3 Å². The first-order chi connectivity index (χ1) is 15.4. The lowest BCUT2D eigenvalue weighted by atomic mass is 9.79. The molecule has 1 unspecified atom stereocenters. The highest BCUT2D eigenvalue weighted by Gasteiger charge is 2.37. The lowest BCUT2D eigenvalue weighted by Gasteiger charge is -2.30. The number of carbonyl (C=O) groups excluding carboxylic acids is 2. The van der Waals surface area contributed by atoms with E-state index in [0.29, 0.717) is 28.1 Å². The van der Waals surface area contributed by atoms with E-state index >= 15 is 0 Å². The maximum atomic E-state index is 13.3. The fourth-order valence-corrected chi connectivity index (χ4v) is 5.20. The summed E-state index contributed by atoms with van der Waals surface area (Å²) >= 11 is 1.44. The maximum Gasteiger partial charge on any atom is 0.337 e. The average Bonchev–Trinajstić information content (AvgIpc) is 3.21. The van der Waals surface area contributed by atoms with Crippen LogP contribution in [0.2, 0.25) is 0 Å². The summed E-state index contributed by atoms with van der Waals surface area (Å²) in [7, 11) is 0. The van der Waals surface area contributed by atoms with Crippen LogP contribution in [0, 0.1) is 11.3 Å². The van der Waals surface area contributed by atoms with Gasteiger partial charge in [0.25, 0.3) is 0 Å². The molecule has 0 fully saturated rings. The number of nitrogens with one attached hydrogen (secondary N) is 1. The molecule has 1 atom stereocenters. The number of nitriles is 1. The van der Waals surface area contributed by atoms with Crippen molar-refractivity contribution in [1.82, 2.24) is 10.3 Å². The van der Waals surface area contributed by atoms with E-state index < -0.39 is 11.9 Å². The third-order valence-corrected chi connectivity index (χ3v) is 6.56. The van der Waals surface area contributed by atoms with Crippen molar-refractivity contribution in [3.05, 3.63) is 87.3 Å². The molecule has 1 aromatic carbocycles. The van der Waals surface area contributed by atoms with Gasteiger partial charge in [0.2, 0.25) is 0 Å². The number of ether oxygens (including phenoxy) is 1. The van der Waals surface area contributed by atoms with Gasteiger partial charge in [-0.05, 0) is 49.2 Å². The standard InChI is InChI=1S/C25H21N3O3S/c1-14-21(16(3)29)23(20-13-32-24-18(10-26)7-4-8-19(20)24)22(15(2)28-14)25(30)31-12-17-6-5-9-27-11-17/h4-9,11,13,23,28H,12H2,1-3H3. The first kappa shape index (κ1) is 21.5. The van der Waals surface area contributed by atoms with Crippen molar-refractivity contribution in [3.63, 3.8) is 0 Å². The van der Waals surface area contributed by atoms with E-state index in [0.717, 1.165) is 21.2 Å². The number of allylic oxidation sites excluding steroid dienone is 3. The van der Waals surface area contributed by atoms with Crippen LogP contribution >= 0.6 is 11.3 Å². The van der Waals surface area contributed by atoms with Crippen LogP contribution in [0.25, 0.3) is 10.1 Å². The summed E-state index contributed by atoms with van der Waals surface area (Å²) in [6, 6.07) is 11.3. The molecule has 3 aromatic rings. The third-order valence-electron chi connectivity index (χ3n) is 5.51. The van der Waals surface area contributed by atoms with Crippen molar-refractivity contribution in [1.29, 1.82) is 5.26 Å². The van der Waals surface area contributed by atoms with Crippen molar-refractivity contribution in [2.45, 2.75) is 33.3 Å². The van der Waals surface area contributed by atoms with Crippen molar-refractivity contribution in [2.75, 3.05) is 0 Å². The Bertz CT molecular complexity index is 1330. The smallest absolute Gasteiger partial charge is 0.337 e. The number of Topliss-reactive ketones (excluding diaryl/α,β-unsaturated/α-hetero) is 1. The van der Waals surface area contributed by atoms with Crippen molar-refractivity contribution in [2.24, 2.45) is 0 Å². The van der Waals surface area contributed by atoms with Crippen LogP contribution < -0.4 is 5.32 Å². The monoisotopic (exact) mass is 443 g/mol. The minimum Gasteiger partial charge on any atom is -0.457 e. The van der Waals surface area contributed by atoms with E-state index in [2.05, 4.69) is 16.4 Å². The van der Waals surface area contributed by atoms with Gasteiger partial charge in [0.15, 0.2) is 5.78 Å². The molecule has 0 aliphatic carbocycles. The number of pyridine rings is 1. The summed E-state index contributed by atoms with van der Waals surface area (Å²) in [5, 5.41) is 15.5. The number of fused-ring (bicyclic) bond motifs is 1. The summed E-state index contributed by atoms with van der Waals surface area (Å²) in [6.07, 6.45) is 3.30. The lowest BCUT2D eigenvalue weighted by Crippen LogP contribution is -2.31. The van der Waals surface area contributed by atoms with Gasteiger partial charge in [-0.3, -0.25) is 9.78 Å². The number of hydrogen-bond donors (Lipinski definition) is 1. The molecule has 32 heavy (non-hydrogen) atoms. The molecule has 0 saturated heterocycles. The van der Waals surface area contributed by atoms with Crippen LogP contribution in [0.1, 0.15) is 43.4 Å². The Morgan fingerprint density at radius 3 is 2.66 bits per heavy atom. The predicted octanol–water partition coefficient (Wildman–Crippen LogP) is 4.74. The zero-order valence-electron chi connectivity index (χ0n) is 17.9. The van der Waals surface area contributed by atoms with E-state index in [4.69, 9.17) is 4.74 Å².